The van der Waals surface area contributed by atoms with Crippen LogP contribution in [0.2, 0.25) is 0 Å². The number of rotatable bonds is 7. The Labute approximate surface area is 181 Å². The predicted octanol–water partition coefficient (Wildman–Crippen LogP) is 3.90. The maximum atomic E-state index is 11.9. The van der Waals surface area contributed by atoms with Gasteiger partial charge < -0.3 is 23.9 Å². The first-order valence-electron chi connectivity index (χ1n) is 10.4. The zero-order valence-electron chi connectivity index (χ0n) is 18.1. The number of methoxy groups -OCH3 is 3. The van der Waals surface area contributed by atoms with Crippen molar-refractivity contribution in [2.24, 2.45) is 0 Å². The normalized spacial score (nSPS) is 15.1. The van der Waals surface area contributed by atoms with Gasteiger partial charge in [0, 0.05) is 37.1 Å². The standard InChI is InChI=1S/C24H28N2O5/c1-28-21-12-16(13-22(29-2)24(21)30-3)15-26-10-8-17(9-11-26)25-19-14-23(27)31-20-7-5-4-6-18(19)20/h4-7,12-14,17,25H,8-11,15H2,1-3H3. The number of piperidine rings is 1. The molecule has 0 spiro atoms. The van der Waals surface area contributed by atoms with Crippen LogP contribution in [-0.4, -0.2) is 45.4 Å². The number of fused-ring (bicyclic) bond motifs is 1. The van der Waals surface area contributed by atoms with E-state index in [1.165, 1.54) is 0 Å². The number of anilines is 1. The maximum absolute atomic E-state index is 11.9. The van der Waals surface area contributed by atoms with Crippen molar-refractivity contribution in [3.63, 3.8) is 0 Å². The van der Waals surface area contributed by atoms with Crippen LogP contribution in [0.25, 0.3) is 11.0 Å². The monoisotopic (exact) mass is 424 g/mol. The van der Waals surface area contributed by atoms with Crippen molar-refractivity contribution >= 4 is 16.7 Å². The summed E-state index contributed by atoms with van der Waals surface area (Å²) in [7, 11) is 4.87. The van der Waals surface area contributed by atoms with Crippen molar-refractivity contribution in [1.82, 2.24) is 4.90 Å². The molecule has 164 valence electrons. The van der Waals surface area contributed by atoms with Crippen LogP contribution in [0.3, 0.4) is 0 Å². The fourth-order valence-electron chi connectivity index (χ4n) is 4.17. The van der Waals surface area contributed by atoms with Crippen LogP contribution in [0.5, 0.6) is 17.2 Å². The third-order valence-corrected chi connectivity index (χ3v) is 5.73. The van der Waals surface area contributed by atoms with E-state index in [-0.39, 0.29) is 5.63 Å². The van der Waals surface area contributed by atoms with Gasteiger partial charge >= 0.3 is 5.63 Å². The fraction of sp³-hybridized carbons (Fsp3) is 0.375. The summed E-state index contributed by atoms with van der Waals surface area (Å²) in [5.74, 6) is 1.95. The SMILES string of the molecule is COc1cc(CN2CCC(Nc3cc(=O)oc4ccccc34)CC2)cc(OC)c1OC. The number of para-hydroxylation sites is 1. The van der Waals surface area contributed by atoms with Crippen LogP contribution in [0, 0.1) is 0 Å². The van der Waals surface area contributed by atoms with Crippen LogP contribution < -0.4 is 25.2 Å². The highest BCUT2D eigenvalue weighted by Crippen LogP contribution is 2.38. The number of nitrogens with one attached hydrogen (secondary N) is 1. The second-order valence-electron chi connectivity index (χ2n) is 7.70. The molecule has 1 saturated heterocycles. The number of nitrogens with zero attached hydrogens (tertiary/aromatic N) is 1. The summed E-state index contributed by atoms with van der Waals surface area (Å²) in [6.45, 7) is 2.71. The third-order valence-electron chi connectivity index (χ3n) is 5.73. The highest BCUT2D eigenvalue weighted by Gasteiger charge is 2.21. The lowest BCUT2D eigenvalue weighted by Crippen LogP contribution is -2.38. The molecule has 1 fully saturated rings. The molecule has 4 rings (SSSR count). The van der Waals surface area contributed by atoms with Crippen LogP contribution in [-0.2, 0) is 6.54 Å². The van der Waals surface area contributed by atoms with Gasteiger partial charge in [0.1, 0.15) is 5.58 Å². The zero-order valence-corrected chi connectivity index (χ0v) is 18.1. The smallest absolute Gasteiger partial charge is 0.338 e. The number of ether oxygens (including phenoxy) is 3. The number of benzene rings is 2. The zero-order chi connectivity index (χ0) is 21.8. The summed E-state index contributed by atoms with van der Waals surface area (Å²) in [4.78, 5) is 14.3. The van der Waals surface area contributed by atoms with Gasteiger partial charge in [0.05, 0.1) is 27.0 Å². The van der Waals surface area contributed by atoms with E-state index in [0.29, 0.717) is 28.9 Å². The minimum absolute atomic E-state index is 0.307. The van der Waals surface area contributed by atoms with Crippen molar-refractivity contribution in [2.75, 3.05) is 39.7 Å². The van der Waals surface area contributed by atoms with E-state index in [1.807, 2.05) is 36.4 Å². The Morgan fingerprint density at radius 2 is 1.68 bits per heavy atom. The van der Waals surface area contributed by atoms with Gasteiger partial charge in [-0.15, -0.1) is 0 Å². The topological polar surface area (TPSA) is 73.2 Å². The van der Waals surface area contributed by atoms with Crippen LogP contribution in [0.1, 0.15) is 18.4 Å². The quantitative estimate of drug-likeness (QED) is 0.577. The Morgan fingerprint density at radius 3 is 2.32 bits per heavy atom. The molecule has 31 heavy (non-hydrogen) atoms. The van der Waals surface area contributed by atoms with Gasteiger partial charge in [-0.1, -0.05) is 12.1 Å². The van der Waals surface area contributed by atoms with Crippen molar-refractivity contribution in [2.45, 2.75) is 25.4 Å². The summed E-state index contributed by atoms with van der Waals surface area (Å²) >= 11 is 0. The largest absolute Gasteiger partial charge is 0.493 e. The van der Waals surface area contributed by atoms with E-state index in [0.717, 1.165) is 49.1 Å². The van der Waals surface area contributed by atoms with Gasteiger partial charge in [0.2, 0.25) is 5.75 Å². The van der Waals surface area contributed by atoms with Crippen molar-refractivity contribution in [3.05, 3.63) is 58.4 Å². The average molecular weight is 424 g/mol. The first kappa shape index (κ1) is 21.1. The summed E-state index contributed by atoms with van der Waals surface area (Å²) in [5.41, 5.74) is 2.24. The fourth-order valence-corrected chi connectivity index (χ4v) is 4.17. The van der Waals surface area contributed by atoms with E-state index in [9.17, 15) is 4.79 Å². The lowest BCUT2D eigenvalue weighted by molar-refractivity contribution is 0.210. The molecule has 2 aromatic carbocycles. The van der Waals surface area contributed by atoms with Crippen molar-refractivity contribution in [3.8, 4) is 17.2 Å². The van der Waals surface area contributed by atoms with Gasteiger partial charge in [0.25, 0.3) is 0 Å². The van der Waals surface area contributed by atoms with Gasteiger partial charge in [-0.25, -0.2) is 4.79 Å². The molecule has 3 aromatic rings. The van der Waals surface area contributed by atoms with E-state index in [1.54, 1.807) is 27.4 Å². The molecule has 7 nitrogen and oxygen atoms in total. The van der Waals surface area contributed by atoms with Crippen LogP contribution in [0.15, 0.2) is 51.7 Å². The Morgan fingerprint density at radius 1 is 1.00 bits per heavy atom. The Hall–Kier alpha value is -3.19. The van der Waals surface area contributed by atoms with Crippen LogP contribution in [0.4, 0.5) is 5.69 Å². The highest BCUT2D eigenvalue weighted by atomic mass is 16.5. The second-order valence-corrected chi connectivity index (χ2v) is 7.70. The van der Waals surface area contributed by atoms with E-state index < -0.39 is 0 Å². The molecule has 0 saturated carbocycles. The van der Waals surface area contributed by atoms with Gasteiger partial charge in [0.15, 0.2) is 11.5 Å². The molecule has 1 aromatic heterocycles. The van der Waals surface area contributed by atoms with Crippen molar-refractivity contribution < 1.29 is 18.6 Å². The minimum Gasteiger partial charge on any atom is -0.493 e. The van der Waals surface area contributed by atoms with E-state index in [4.69, 9.17) is 18.6 Å². The summed E-state index contributed by atoms with van der Waals surface area (Å²) in [5, 5.41) is 4.49. The molecule has 0 radical (unpaired) electrons. The molecule has 0 bridgehead atoms. The molecule has 2 heterocycles. The highest BCUT2D eigenvalue weighted by molar-refractivity contribution is 5.89. The molecule has 7 heteroatoms. The van der Waals surface area contributed by atoms with E-state index >= 15 is 0 Å². The molecule has 0 aliphatic carbocycles. The number of likely N-dealkylation sites (tertiary alicyclic amines) is 1. The lowest BCUT2D eigenvalue weighted by Gasteiger charge is -2.33. The molecule has 1 N–H and O–H groups in total. The predicted molar refractivity (Wildman–Crippen MR) is 121 cm³/mol. The molecule has 0 atom stereocenters. The second kappa shape index (κ2) is 9.31. The molecule has 1 aliphatic rings. The molecular weight excluding hydrogens is 396 g/mol. The lowest BCUT2D eigenvalue weighted by atomic mass is 10.0. The average Bonchev–Trinajstić information content (AvgIpc) is 2.79. The molecule has 0 amide bonds. The van der Waals surface area contributed by atoms with Gasteiger partial charge in [-0.2, -0.15) is 0 Å². The van der Waals surface area contributed by atoms with Crippen LogP contribution >= 0.6 is 0 Å². The molecule has 1 aliphatic heterocycles. The van der Waals surface area contributed by atoms with Crippen molar-refractivity contribution in [1.29, 1.82) is 0 Å². The summed E-state index contributed by atoms with van der Waals surface area (Å²) in [6.07, 6.45) is 1.97. The Balaban J connectivity index is 1.41. The van der Waals surface area contributed by atoms with E-state index in [2.05, 4.69) is 10.2 Å². The summed E-state index contributed by atoms with van der Waals surface area (Å²) < 4.78 is 21.6. The Kier molecular flexibility index (Phi) is 6.32. The number of hydrogen-bond donors (Lipinski definition) is 1. The summed E-state index contributed by atoms with van der Waals surface area (Å²) in [6, 6.07) is 13.5. The van der Waals surface area contributed by atoms with Gasteiger partial charge in [-0.3, -0.25) is 4.90 Å². The first-order chi connectivity index (χ1) is 15.1. The Bertz CT molecular complexity index is 1080. The van der Waals surface area contributed by atoms with Gasteiger partial charge in [-0.05, 0) is 42.7 Å². The third kappa shape index (κ3) is 4.61. The maximum Gasteiger partial charge on any atom is 0.338 e. The first-order valence-corrected chi connectivity index (χ1v) is 10.4. The molecular formula is C24H28N2O5. The number of hydrogen-bond acceptors (Lipinski definition) is 7. The molecule has 0 unspecified atom stereocenters. The minimum atomic E-state index is -0.332.